The summed E-state index contributed by atoms with van der Waals surface area (Å²) < 4.78 is 29.1. The van der Waals surface area contributed by atoms with Crippen molar-refractivity contribution in [2.45, 2.75) is 43.7 Å². The van der Waals surface area contributed by atoms with Crippen molar-refractivity contribution in [2.24, 2.45) is 5.73 Å². The third-order valence-electron chi connectivity index (χ3n) is 4.03. The minimum atomic E-state index is -3.34. The van der Waals surface area contributed by atoms with Gasteiger partial charge in [0.1, 0.15) is 5.75 Å². The summed E-state index contributed by atoms with van der Waals surface area (Å²) in [4.78, 5) is 16.6. The first-order chi connectivity index (χ1) is 12.6. The molecule has 1 atom stereocenters. The van der Waals surface area contributed by atoms with E-state index in [2.05, 4.69) is 10.3 Å². The monoisotopic (exact) mass is 427 g/mol. The van der Waals surface area contributed by atoms with Gasteiger partial charge in [-0.05, 0) is 37.6 Å². The normalized spacial score (nSPS) is 13.1. The number of halogens is 1. The van der Waals surface area contributed by atoms with Crippen LogP contribution in [0, 0.1) is 0 Å². The molecule has 0 aliphatic rings. The number of pyridine rings is 1. The van der Waals surface area contributed by atoms with Gasteiger partial charge in [0, 0.05) is 24.6 Å². The Kier molecular flexibility index (Phi) is 8.41. The van der Waals surface area contributed by atoms with Crippen molar-refractivity contribution >= 4 is 28.2 Å². The maximum Gasteiger partial charge on any atom is 0.240 e. The van der Waals surface area contributed by atoms with Crippen LogP contribution in [0.4, 0.5) is 0 Å². The van der Waals surface area contributed by atoms with E-state index in [9.17, 15) is 13.2 Å². The summed E-state index contributed by atoms with van der Waals surface area (Å²) in [6.07, 6.45) is 4.07. The number of nitrogens with two attached hydrogens (primary N) is 1. The summed E-state index contributed by atoms with van der Waals surface area (Å²) in [5.41, 5.74) is 5.75. The van der Waals surface area contributed by atoms with Crippen molar-refractivity contribution < 1.29 is 17.9 Å². The van der Waals surface area contributed by atoms with Crippen molar-refractivity contribution in [3.8, 4) is 11.6 Å². The molecule has 154 valence electrons. The zero-order valence-electron chi connectivity index (χ0n) is 16.1. The van der Waals surface area contributed by atoms with Gasteiger partial charge in [0.25, 0.3) is 0 Å². The second-order valence-electron chi connectivity index (χ2n) is 6.67. The number of aromatic nitrogens is 1. The molecule has 9 heteroatoms. The Morgan fingerprint density at radius 1 is 1.29 bits per heavy atom. The van der Waals surface area contributed by atoms with Crippen molar-refractivity contribution in [2.75, 3.05) is 6.26 Å². The maximum atomic E-state index is 12.3. The first-order valence-electron chi connectivity index (χ1n) is 8.62. The lowest BCUT2D eigenvalue weighted by Gasteiger charge is -2.23. The average molecular weight is 428 g/mol. The molecule has 0 saturated carbocycles. The van der Waals surface area contributed by atoms with E-state index < -0.39 is 15.4 Å². The molecular weight excluding hydrogens is 402 g/mol. The number of hydrogen-bond donors (Lipinski definition) is 2. The number of sulfone groups is 1. The molecule has 1 heterocycles. The molecule has 0 radical (unpaired) electrons. The molecule has 0 aliphatic carbocycles. The molecule has 2 aromatic rings. The van der Waals surface area contributed by atoms with E-state index in [1.54, 1.807) is 37.4 Å². The van der Waals surface area contributed by atoms with Crippen LogP contribution in [0.5, 0.6) is 11.6 Å². The number of rotatable bonds is 8. The minimum Gasteiger partial charge on any atom is -0.439 e. The first kappa shape index (κ1) is 23.9. The molecule has 1 aromatic carbocycles. The van der Waals surface area contributed by atoms with E-state index in [4.69, 9.17) is 10.5 Å². The lowest BCUT2D eigenvalue weighted by Crippen LogP contribution is -2.51. The molecule has 0 aliphatic heterocycles. The standard InChI is InChI=1S/C19H25N3O4S.ClH/c1-4-10-19(2,20)18(23)22-13-14-7-6-11-21-17(14)26-15-8-5-9-16(12-15)27(3,24)25;/h5-9,11-12H,4,10,13,20H2,1-3H3,(H,22,23);1H. The fraction of sp³-hybridized carbons (Fsp3) is 0.368. The largest absolute Gasteiger partial charge is 0.439 e. The fourth-order valence-electron chi connectivity index (χ4n) is 2.54. The summed E-state index contributed by atoms with van der Waals surface area (Å²) in [5.74, 6) is 0.384. The number of nitrogens with one attached hydrogen (secondary N) is 1. The number of carbonyl (C=O) groups is 1. The number of amides is 1. The van der Waals surface area contributed by atoms with Crippen LogP contribution >= 0.6 is 12.4 Å². The van der Waals surface area contributed by atoms with E-state index >= 15 is 0 Å². The van der Waals surface area contributed by atoms with Gasteiger partial charge in [-0.3, -0.25) is 4.79 Å². The Hall–Kier alpha value is -2.16. The van der Waals surface area contributed by atoms with Crippen LogP contribution < -0.4 is 15.8 Å². The predicted molar refractivity (Wildman–Crippen MR) is 110 cm³/mol. The fourth-order valence-corrected chi connectivity index (χ4v) is 3.20. The van der Waals surface area contributed by atoms with Gasteiger partial charge in [-0.15, -0.1) is 12.4 Å². The first-order valence-corrected chi connectivity index (χ1v) is 10.5. The molecular formula is C19H26ClN3O4S. The summed E-state index contributed by atoms with van der Waals surface area (Å²) in [6.45, 7) is 3.86. The zero-order valence-corrected chi connectivity index (χ0v) is 17.8. The van der Waals surface area contributed by atoms with Crippen molar-refractivity contribution in [3.05, 3.63) is 48.2 Å². The number of ether oxygens (including phenoxy) is 1. The van der Waals surface area contributed by atoms with Crippen molar-refractivity contribution in [3.63, 3.8) is 0 Å². The SMILES string of the molecule is CCCC(C)(N)C(=O)NCc1cccnc1Oc1cccc(S(C)(=O)=O)c1.Cl. The average Bonchev–Trinajstić information content (AvgIpc) is 2.60. The zero-order chi connectivity index (χ0) is 20.1. The van der Waals surface area contributed by atoms with Crippen molar-refractivity contribution in [1.29, 1.82) is 0 Å². The number of nitrogens with zero attached hydrogens (tertiary/aromatic N) is 1. The molecule has 1 amide bonds. The predicted octanol–water partition coefficient (Wildman–Crippen LogP) is 2.83. The molecule has 0 bridgehead atoms. The van der Waals surface area contributed by atoms with E-state index in [1.807, 2.05) is 6.92 Å². The Balaban J connectivity index is 0.00000392. The van der Waals surface area contributed by atoms with Crippen LogP contribution in [-0.4, -0.2) is 31.1 Å². The Morgan fingerprint density at radius 2 is 2.00 bits per heavy atom. The number of benzene rings is 1. The highest BCUT2D eigenvalue weighted by Crippen LogP contribution is 2.25. The topological polar surface area (TPSA) is 111 Å². The second kappa shape index (κ2) is 9.86. The van der Waals surface area contributed by atoms with Crippen LogP contribution in [0.15, 0.2) is 47.5 Å². The van der Waals surface area contributed by atoms with Gasteiger partial charge in [0.2, 0.25) is 11.8 Å². The van der Waals surface area contributed by atoms with Gasteiger partial charge in [-0.1, -0.05) is 25.5 Å². The number of carbonyl (C=O) groups excluding carboxylic acids is 1. The summed E-state index contributed by atoms with van der Waals surface area (Å²) in [6, 6.07) is 9.68. The van der Waals surface area contributed by atoms with Crippen LogP contribution in [-0.2, 0) is 21.2 Å². The smallest absolute Gasteiger partial charge is 0.240 e. The van der Waals surface area contributed by atoms with Gasteiger partial charge < -0.3 is 15.8 Å². The van der Waals surface area contributed by atoms with Gasteiger partial charge in [0.05, 0.1) is 10.4 Å². The van der Waals surface area contributed by atoms with Crippen molar-refractivity contribution in [1.82, 2.24) is 10.3 Å². The van der Waals surface area contributed by atoms with Gasteiger partial charge in [0.15, 0.2) is 9.84 Å². The molecule has 2 rings (SSSR count). The second-order valence-corrected chi connectivity index (χ2v) is 8.68. The highest BCUT2D eigenvalue weighted by Gasteiger charge is 2.27. The Labute approximate surface area is 172 Å². The maximum absolute atomic E-state index is 12.3. The minimum absolute atomic E-state index is 0. The van der Waals surface area contributed by atoms with Crippen LogP contribution in [0.25, 0.3) is 0 Å². The van der Waals surface area contributed by atoms with E-state index in [0.29, 0.717) is 17.7 Å². The highest BCUT2D eigenvalue weighted by molar-refractivity contribution is 7.90. The highest BCUT2D eigenvalue weighted by atomic mass is 35.5. The van der Waals surface area contributed by atoms with E-state index in [-0.39, 0.29) is 35.6 Å². The summed E-state index contributed by atoms with van der Waals surface area (Å²) in [5, 5.41) is 2.81. The molecule has 0 spiro atoms. The quantitative estimate of drug-likeness (QED) is 0.670. The lowest BCUT2D eigenvalue weighted by molar-refractivity contribution is -0.126. The molecule has 0 saturated heterocycles. The summed E-state index contributed by atoms with van der Waals surface area (Å²) in [7, 11) is -3.34. The number of hydrogen-bond acceptors (Lipinski definition) is 6. The summed E-state index contributed by atoms with van der Waals surface area (Å²) >= 11 is 0. The molecule has 1 unspecified atom stereocenters. The lowest BCUT2D eigenvalue weighted by atomic mass is 9.96. The third kappa shape index (κ3) is 6.47. The van der Waals surface area contributed by atoms with E-state index in [0.717, 1.165) is 12.7 Å². The molecule has 28 heavy (non-hydrogen) atoms. The van der Waals surface area contributed by atoms with E-state index in [1.165, 1.54) is 12.1 Å². The van der Waals surface area contributed by atoms with Gasteiger partial charge in [-0.2, -0.15) is 0 Å². The Morgan fingerprint density at radius 3 is 2.64 bits per heavy atom. The molecule has 3 N–H and O–H groups in total. The van der Waals surface area contributed by atoms with Gasteiger partial charge >= 0.3 is 0 Å². The molecule has 0 fully saturated rings. The third-order valence-corrected chi connectivity index (χ3v) is 5.14. The van der Waals surface area contributed by atoms with Crippen LogP contribution in [0.2, 0.25) is 0 Å². The Bertz CT molecular complexity index is 917. The molecule has 1 aromatic heterocycles. The van der Waals surface area contributed by atoms with Crippen LogP contribution in [0.1, 0.15) is 32.3 Å². The van der Waals surface area contributed by atoms with Gasteiger partial charge in [-0.25, -0.2) is 13.4 Å². The van der Waals surface area contributed by atoms with Crippen LogP contribution in [0.3, 0.4) is 0 Å². The molecule has 7 nitrogen and oxygen atoms in total.